The summed E-state index contributed by atoms with van der Waals surface area (Å²) in [6.07, 6.45) is -3.52. The Kier molecular flexibility index (Phi) is 4.76. The molecule has 1 aromatic carbocycles. The van der Waals surface area contributed by atoms with Crippen LogP contribution in [0.4, 0.5) is 13.2 Å². The molecule has 0 radical (unpaired) electrons. The second-order valence-electron chi connectivity index (χ2n) is 4.50. The van der Waals surface area contributed by atoms with Crippen LogP contribution < -0.4 is 5.32 Å². The molecule has 0 aliphatic carbocycles. The third-order valence-corrected chi connectivity index (χ3v) is 2.91. The number of benzene rings is 1. The third-order valence-electron chi connectivity index (χ3n) is 2.91. The minimum atomic E-state index is -4.36. The fourth-order valence-electron chi connectivity index (χ4n) is 1.69. The highest BCUT2D eigenvalue weighted by molar-refractivity contribution is 5.31. The van der Waals surface area contributed by atoms with E-state index < -0.39 is 17.3 Å². The number of hydrogen-bond acceptors (Lipinski definition) is 2. The van der Waals surface area contributed by atoms with Gasteiger partial charge in [-0.3, -0.25) is 0 Å². The summed E-state index contributed by atoms with van der Waals surface area (Å²) in [6, 6.07) is 5.06. The topological polar surface area (TPSA) is 32.3 Å². The summed E-state index contributed by atoms with van der Waals surface area (Å²) >= 11 is 0. The number of aliphatic hydroxyl groups excluding tert-OH is 1. The van der Waals surface area contributed by atoms with E-state index in [1.54, 1.807) is 13.0 Å². The normalized spacial score (nSPS) is 15.4. The van der Waals surface area contributed by atoms with Crippen molar-refractivity contribution in [3.8, 4) is 0 Å². The van der Waals surface area contributed by atoms with Crippen LogP contribution in [0.5, 0.6) is 0 Å². The van der Waals surface area contributed by atoms with Crippen LogP contribution in [0.25, 0.3) is 0 Å². The van der Waals surface area contributed by atoms with Crippen molar-refractivity contribution in [3.05, 3.63) is 35.4 Å². The van der Waals surface area contributed by atoms with Crippen LogP contribution in [0.3, 0.4) is 0 Å². The van der Waals surface area contributed by atoms with Crippen LogP contribution in [0.1, 0.15) is 31.4 Å². The molecule has 18 heavy (non-hydrogen) atoms. The Morgan fingerprint density at radius 1 is 1.22 bits per heavy atom. The average Bonchev–Trinajstić information content (AvgIpc) is 2.35. The number of rotatable bonds is 5. The Balaban J connectivity index is 3.07. The van der Waals surface area contributed by atoms with Gasteiger partial charge in [0.05, 0.1) is 17.7 Å². The lowest BCUT2D eigenvalue weighted by molar-refractivity contribution is -0.137. The molecule has 1 unspecified atom stereocenters. The van der Waals surface area contributed by atoms with Gasteiger partial charge in [-0.05, 0) is 37.6 Å². The number of aliphatic hydroxyl groups is 1. The molecule has 0 spiro atoms. The highest BCUT2D eigenvalue weighted by Gasteiger charge is 2.33. The van der Waals surface area contributed by atoms with Gasteiger partial charge in [-0.25, -0.2) is 0 Å². The molecule has 0 saturated carbocycles. The zero-order chi connectivity index (χ0) is 13.8. The molecule has 1 aromatic rings. The number of nitrogens with one attached hydrogen (secondary N) is 1. The van der Waals surface area contributed by atoms with Gasteiger partial charge in [-0.1, -0.05) is 19.1 Å². The summed E-state index contributed by atoms with van der Waals surface area (Å²) in [7, 11) is 0. The summed E-state index contributed by atoms with van der Waals surface area (Å²) in [6.45, 7) is 4.02. The predicted octanol–water partition coefficient (Wildman–Crippen LogP) is 2.91. The Morgan fingerprint density at radius 2 is 1.83 bits per heavy atom. The molecule has 0 fully saturated rings. The number of alkyl halides is 3. The zero-order valence-electron chi connectivity index (χ0n) is 10.5. The molecule has 2 N–H and O–H groups in total. The van der Waals surface area contributed by atoms with Gasteiger partial charge in [0.1, 0.15) is 0 Å². The minimum Gasteiger partial charge on any atom is -0.394 e. The van der Waals surface area contributed by atoms with Crippen LogP contribution >= 0.6 is 0 Å². The highest BCUT2D eigenvalue weighted by atomic mass is 19.4. The fraction of sp³-hybridized carbons (Fsp3) is 0.538. The predicted molar refractivity (Wildman–Crippen MR) is 64.2 cm³/mol. The Labute approximate surface area is 105 Å². The van der Waals surface area contributed by atoms with Crippen molar-refractivity contribution in [3.63, 3.8) is 0 Å². The van der Waals surface area contributed by atoms with Crippen LogP contribution in [0.15, 0.2) is 24.3 Å². The first-order valence-electron chi connectivity index (χ1n) is 5.87. The molecule has 0 aromatic heterocycles. The number of hydrogen-bond donors (Lipinski definition) is 2. The molecule has 1 atom stereocenters. The summed E-state index contributed by atoms with van der Waals surface area (Å²) in [5.74, 6) is 0. The second kappa shape index (κ2) is 5.71. The van der Waals surface area contributed by atoms with Crippen LogP contribution in [0.2, 0.25) is 0 Å². The molecule has 0 bridgehead atoms. The molecule has 0 aliphatic rings. The summed E-state index contributed by atoms with van der Waals surface area (Å²) in [5.41, 5.74) is -1.11. The van der Waals surface area contributed by atoms with E-state index in [1.807, 2.05) is 6.92 Å². The van der Waals surface area contributed by atoms with Crippen molar-refractivity contribution in [2.75, 3.05) is 13.2 Å². The lowest BCUT2D eigenvalue weighted by atomic mass is 9.91. The minimum absolute atomic E-state index is 0.256. The van der Waals surface area contributed by atoms with Crippen molar-refractivity contribution in [1.29, 1.82) is 0 Å². The van der Waals surface area contributed by atoms with E-state index in [2.05, 4.69) is 5.32 Å². The smallest absolute Gasteiger partial charge is 0.394 e. The van der Waals surface area contributed by atoms with Gasteiger partial charge in [0, 0.05) is 0 Å². The fourth-order valence-corrected chi connectivity index (χ4v) is 1.69. The maximum absolute atomic E-state index is 12.6. The molecular weight excluding hydrogens is 243 g/mol. The Morgan fingerprint density at radius 3 is 2.33 bits per heavy atom. The molecule has 0 amide bonds. The van der Waals surface area contributed by atoms with E-state index in [0.29, 0.717) is 12.1 Å². The lowest BCUT2D eigenvalue weighted by Gasteiger charge is -2.30. The van der Waals surface area contributed by atoms with Gasteiger partial charge in [0.2, 0.25) is 0 Å². The van der Waals surface area contributed by atoms with Crippen LogP contribution in [-0.4, -0.2) is 18.3 Å². The van der Waals surface area contributed by atoms with Crippen molar-refractivity contribution in [2.24, 2.45) is 0 Å². The average molecular weight is 261 g/mol. The van der Waals surface area contributed by atoms with Gasteiger partial charge >= 0.3 is 6.18 Å². The van der Waals surface area contributed by atoms with Gasteiger partial charge < -0.3 is 10.4 Å². The van der Waals surface area contributed by atoms with Gasteiger partial charge in [-0.2, -0.15) is 13.2 Å². The van der Waals surface area contributed by atoms with Crippen LogP contribution in [-0.2, 0) is 11.7 Å². The SMILES string of the molecule is CCCNC(C)(CO)c1cccc(C(F)(F)F)c1. The quantitative estimate of drug-likeness (QED) is 0.854. The van der Waals surface area contributed by atoms with E-state index in [1.165, 1.54) is 6.07 Å². The maximum atomic E-state index is 12.6. The summed E-state index contributed by atoms with van der Waals surface area (Å²) < 4.78 is 37.9. The van der Waals surface area contributed by atoms with Gasteiger partial charge in [0.15, 0.2) is 0 Å². The summed E-state index contributed by atoms with van der Waals surface area (Å²) in [5, 5.41) is 12.5. The van der Waals surface area contributed by atoms with E-state index in [9.17, 15) is 18.3 Å². The zero-order valence-corrected chi connectivity index (χ0v) is 10.5. The van der Waals surface area contributed by atoms with Gasteiger partial charge in [-0.15, -0.1) is 0 Å². The first-order valence-corrected chi connectivity index (χ1v) is 5.87. The van der Waals surface area contributed by atoms with E-state index >= 15 is 0 Å². The lowest BCUT2D eigenvalue weighted by Crippen LogP contribution is -2.43. The third kappa shape index (κ3) is 3.46. The maximum Gasteiger partial charge on any atom is 0.416 e. The molecule has 0 saturated heterocycles. The second-order valence-corrected chi connectivity index (χ2v) is 4.50. The standard InChI is InChI=1S/C13H18F3NO/c1-3-7-17-12(2,9-18)10-5-4-6-11(8-10)13(14,15)16/h4-6,8,17-18H,3,7,9H2,1-2H3. The van der Waals surface area contributed by atoms with Crippen molar-refractivity contribution in [2.45, 2.75) is 32.0 Å². The van der Waals surface area contributed by atoms with E-state index in [-0.39, 0.29) is 6.61 Å². The molecule has 0 heterocycles. The Bertz CT molecular complexity index is 392. The van der Waals surface area contributed by atoms with E-state index in [4.69, 9.17) is 0 Å². The largest absolute Gasteiger partial charge is 0.416 e. The molecule has 1 rings (SSSR count). The van der Waals surface area contributed by atoms with Gasteiger partial charge in [0.25, 0.3) is 0 Å². The van der Waals surface area contributed by atoms with E-state index in [0.717, 1.165) is 18.6 Å². The monoisotopic (exact) mass is 261 g/mol. The van der Waals surface area contributed by atoms with Crippen molar-refractivity contribution >= 4 is 0 Å². The van der Waals surface area contributed by atoms with Crippen molar-refractivity contribution in [1.82, 2.24) is 5.32 Å². The highest BCUT2D eigenvalue weighted by Crippen LogP contribution is 2.32. The molecular formula is C13H18F3NO. The molecule has 0 aliphatic heterocycles. The Hall–Kier alpha value is -1.07. The van der Waals surface area contributed by atoms with Crippen molar-refractivity contribution < 1.29 is 18.3 Å². The number of halogens is 3. The first kappa shape index (κ1) is 15.0. The summed E-state index contributed by atoms with van der Waals surface area (Å²) in [4.78, 5) is 0. The molecule has 102 valence electrons. The first-order chi connectivity index (χ1) is 8.33. The molecule has 2 nitrogen and oxygen atoms in total. The van der Waals surface area contributed by atoms with Crippen LogP contribution in [0, 0.1) is 0 Å². The molecule has 5 heteroatoms.